The third-order valence-electron chi connectivity index (χ3n) is 5.44. The monoisotopic (exact) mass is 421 g/mol. The molecule has 3 rings (SSSR count). The van der Waals surface area contributed by atoms with Gasteiger partial charge in [-0.25, -0.2) is 8.78 Å². The van der Waals surface area contributed by atoms with E-state index in [9.17, 15) is 13.6 Å². The van der Waals surface area contributed by atoms with E-state index in [2.05, 4.69) is 15.9 Å². The van der Waals surface area contributed by atoms with Gasteiger partial charge in [-0.3, -0.25) is 4.79 Å². The van der Waals surface area contributed by atoms with Crippen molar-refractivity contribution in [1.29, 1.82) is 0 Å². The van der Waals surface area contributed by atoms with E-state index < -0.39 is 15.9 Å². The Morgan fingerprint density at radius 2 is 1.96 bits per heavy atom. The number of hydrogen-bond donors (Lipinski definition) is 0. The molecule has 26 heavy (non-hydrogen) atoms. The van der Waals surface area contributed by atoms with Crippen LogP contribution in [0.3, 0.4) is 0 Å². The van der Waals surface area contributed by atoms with Gasteiger partial charge in [0, 0.05) is 12.0 Å². The number of halogens is 3. The van der Waals surface area contributed by atoms with Crippen molar-refractivity contribution < 1.29 is 13.6 Å². The van der Waals surface area contributed by atoms with Crippen molar-refractivity contribution in [2.45, 2.75) is 50.3 Å². The van der Waals surface area contributed by atoms with E-state index in [1.807, 2.05) is 33.8 Å². The first kappa shape index (κ1) is 19.0. The Morgan fingerprint density at radius 1 is 1.31 bits per heavy atom. The maximum Gasteiger partial charge on any atom is 0.255 e. The molecule has 1 aliphatic carbocycles. The molecule has 1 aromatic rings. The summed E-state index contributed by atoms with van der Waals surface area (Å²) in [5.41, 5.74) is 1.65. The van der Waals surface area contributed by atoms with Gasteiger partial charge in [-0.1, -0.05) is 30.4 Å². The van der Waals surface area contributed by atoms with Crippen LogP contribution in [0.2, 0.25) is 0 Å². The van der Waals surface area contributed by atoms with Gasteiger partial charge >= 0.3 is 0 Å². The van der Waals surface area contributed by atoms with Crippen molar-refractivity contribution >= 4 is 27.4 Å². The summed E-state index contributed by atoms with van der Waals surface area (Å²) in [6, 6.07) is 6.11. The number of carbonyl (C=O) groups excluding carboxylic acids is 1. The molecule has 2 aliphatic rings. The van der Waals surface area contributed by atoms with E-state index in [4.69, 9.17) is 0 Å². The first-order chi connectivity index (χ1) is 12.1. The first-order valence-corrected chi connectivity index (χ1v) is 9.41. The summed E-state index contributed by atoms with van der Waals surface area (Å²) in [6.45, 7) is 7.61. The van der Waals surface area contributed by atoms with Gasteiger partial charge in [0.25, 0.3) is 5.91 Å². The van der Waals surface area contributed by atoms with Gasteiger partial charge in [0.05, 0.1) is 17.2 Å². The zero-order chi connectivity index (χ0) is 19.3. The summed E-state index contributed by atoms with van der Waals surface area (Å²) in [4.78, 5) is 15.0. The molecule has 0 radical (unpaired) electrons. The molecule has 5 heteroatoms. The van der Waals surface area contributed by atoms with Crippen molar-refractivity contribution in [3.63, 3.8) is 0 Å². The standard InChI is InChI=1S/C21H22BrF2NO/c1-13-14(2)25(19(26)18(13)16-9-5-6-10-17(16)23)20(3,4)15-8-7-11-21(22,24)12-15/h5-11,14H,12H2,1-4H3. The second-order valence-electron chi connectivity index (χ2n) is 7.44. The molecule has 1 aliphatic heterocycles. The SMILES string of the molecule is CC1=C(c2ccccc2F)C(=O)N(C(C)(C)C2=CC=CC(F)(Br)C2)C1C. The minimum atomic E-state index is -1.61. The Kier molecular flexibility index (Phi) is 4.72. The van der Waals surface area contributed by atoms with Crippen LogP contribution in [0, 0.1) is 5.82 Å². The molecule has 0 fully saturated rings. The summed E-state index contributed by atoms with van der Waals surface area (Å²) in [7, 11) is 0. The predicted octanol–water partition coefficient (Wildman–Crippen LogP) is 5.56. The van der Waals surface area contributed by atoms with Gasteiger partial charge in [-0.15, -0.1) is 0 Å². The lowest BCUT2D eigenvalue weighted by atomic mass is 9.84. The molecule has 2 atom stereocenters. The average molecular weight is 422 g/mol. The number of hydrogen-bond acceptors (Lipinski definition) is 1. The van der Waals surface area contributed by atoms with E-state index in [1.165, 1.54) is 12.1 Å². The van der Waals surface area contributed by atoms with Crippen LogP contribution in [0.5, 0.6) is 0 Å². The van der Waals surface area contributed by atoms with Crippen LogP contribution in [0.4, 0.5) is 8.78 Å². The fourth-order valence-corrected chi connectivity index (χ4v) is 4.30. The highest BCUT2D eigenvalue weighted by Crippen LogP contribution is 2.44. The Hall–Kier alpha value is -1.75. The van der Waals surface area contributed by atoms with Gasteiger partial charge < -0.3 is 4.90 Å². The summed E-state index contributed by atoms with van der Waals surface area (Å²) in [5, 5.41) is 0. The van der Waals surface area contributed by atoms with Crippen LogP contribution in [-0.4, -0.2) is 27.0 Å². The lowest BCUT2D eigenvalue weighted by Gasteiger charge is -2.43. The normalized spacial score (nSPS) is 26.6. The van der Waals surface area contributed by atoms with E-state index in [0.717, 1.165) is 11.1 Å². The molecular formula is C21H22BrF2NO. The largest absolute Gasteiger partial charge is 0.323 e. The third kappa shape index (κ3) is 3.07. The zero-order valence-corrected chi connectivity index (χ0v) is 16.9. The molecule has 0 N–H and O–H groups in total. The molecule has 2 nitrogen and oxygen atoms in total. The highest BCUT2D eigenvalue weighted by Gasteiger charge is 2.46. The molecule has 0 aromatic heterocycles. The van der Waals surface area contributed by atoms with E-state index in [1.54, 1.807) is 29.2 Å². The van der Waals surface area contributed by atoms with Crippen LogP contribution < -0.4 is 0 Å². The number of amides is 1. The maximum absolute atomic E-state index is 14.4. The molecule has 1 aromatic carbocycles. The van der Waals surface area contributed by atoms with E-state index in [-0.39, 0.29) is 18.4 Å². The smallest absolute Gasteiger partial charge is 0.255 e. The Balaban J connectivity index is 2.01. The summed E-state index contributed by atoms with van der Waals surface area (Å²) >= 11 is 3.08. The number of nitrogens with zero attached hydrogens (tertiary/aromatic N) is 1. The van der Waals surface area contributed by atoms with Crippen molar-refractivity contribution in [2.24, 2.45) is 0 Å². The Bertz CT molecular complexity index is 851. The second-order valence-corrected chi connectivity index (χ2v) is 8.76. The Morgan fingerprint density at radius 3 is 2.58 bits per heavy atom. The summed E-state index contributed by atoms with van der Waals surface area (Å²) in [6.07, 6.45) is 5.13. The van der Waals surface area contributed by atoms with Crippen molar-refractivity contribution in [2.75, 3.05) is 0 Å². The second kappa shape index (κ2) is 6.45. The molecule has 2 unspecified atom stereocenters. The molecular weight excluding hydrogens is 400 g/mol. The minimum absolute atomic E-state index is 0.154. The molecule has 0 bridgehead atoms. The lowest BCUT2D eigenvalue weighted by molar-refractivity contribution is -0.129. The highest BCUT2D eigenvalue weighted by molar-refractivity contribution is 9.10. The highest BCUT2D eigenvalue weighted by atomic mass is 79.9. The van der Waals surface area contributed by atoms with Gasteiger partial charge in [-0.2, -0.15) is 0 Å². The van der Waals surface area contributed by atoms with Gasteiger partial charge in [-0.05, 0) is 66.9 Å². The van der Waals surface area contributed by atoms with Crippen LogP contribution in [0.25, 0.3) is 5.57 Å². The topological polar surface area (TPSA) is 20.3 Å². The molecule has 0 saturated heterocycles. The number of allylic oxidation sites excluding steroid dienone is 3. The van der Waals surface area contributed by atoms with Gasteiger partial charge in [0.15, 0.2) is 4.58 Å². The predicted molar refractivity (Wildman–Crippen MR) is 104 cm³/mol. The van der Waals surface area contributed by atoms with Crippen molar-refractivity contribution in [1.82, 2.24) is 4.90 Å². The number of rotatable bonds is 3. The molecule has 138 valence electrons. The fraction of sp³-hybridized carbons (Fsp3) is 0.381. The van der Waals surface area contributed by atoms with Crippen LogP contribution in [0.1, 0.15) is 39.7 Å². The van der Waals surface area contributed by atoms with Crippen molar-refractivity contribution in [3.8, 4) is 0 Å². The summed E-state index contributed by atoms with van der Waals surface area (Å²) < 4.78 is 27.1. The molecule has 1 heterocycles. The number of benzene rings is 1. The maximum atomic E-state index is 14.4. The van der Waals surface area contributed by atoms with Crippen LogP contribution >= 0.6 is 15.9 Å². The van der Waals surface area contributed by atoms with Gasteiger partial charge in [0.2, 0.25) is 0 Å². The van der Waals surface area contributed by atoms with E-state index in [0.29, 0.717) is 11.1 Å². The molecule has 0 saturated carbocycles. The summed E-state index contributed by atoms with van der Waals surface area (Å²) in [5.74, 6) is -0.635. The average Bonchev–Trinajstić information content (AvgIpc) is 2.77. The molecule has 0 spiro atoms. The first-order valence-electron chi connectivity index (χ1n) is 8.62. The number of carbonyl (C=O) groups is 1. The zero-order valence-electron chi connectivity index (χ0n) is 15.3. The fourth-order valence-electron chi connectivity index (χ4n) is 3.85. The van der Waals surface area contributed by atoms with Gasteiger partial charge in [0.1, 0.15) is 5.82 Å². The Labute approximate surface area is 161 Å². The minimum Gasteiger partial charge on any atom is -0.323 e. The molecule has 1 amide bonds. The van der Waals surface area contributed by atoms with Crippen LogP contribution in [-0.2, 0) is 4.79 Å². The van der Waals surface area contributed by atoms with Crippen LogP contribution in [0.15, 0.2) is 53.6 Å². The lowest BCUT2D eigenvalue weighted by Crippen LogP contribution is -2.51. The third-order valence-corrected chi connectivity index (χ3v) is 5.98. The quantitative estimate of drug-likeness (QED) is 0.585. The number of alkyl halides is 2. The van der Waals surface area contributed by atoms with Crippen molar-refractivity contribution in [3.05, 3.63) is 65.0 Å². The van der Waals surface area contributed by atoms with E-state index >= 15 is 0 Å².